The van der Waals surface area contributed by atoms with Crippen molar-refractivity contribution in [1.82, 2.24) is 20.2 Å². The van der Waals surface area contributed by atoms with Gasteiger partial charge in [0.1, 0.15) is 35.3 Å². The number of benzene rings is 3. The van der Waals surface area contributed by atoms with E-state index in [1.807, 2.05) is 0 Å². The Balaban J connectivity index is 1.33. The number of nitrogens with one attached hydrogen (secondary N) is 1. The van der Waals surface area contributed by atoms with Gasteiger partial charge >= 0.3 is 6.01 Å². The minimum atomic E-state index is -0.879. The molecule has 4 aliphatic rings. The minimum absolute atomic E-state index is 0.0440. The number of anilines is 1. The summed E-state index contributed by atoms with van der Waals surface area (Å²) in [5.74, 6) is -1.84. The van der Waals surface area contributed by atoms with Crippen LogP contribution in [0.15, 0.2) is 30.3 Å². The first-order valence-corrected chi connectivity index (χ1v) is 15.9. The highest BCUT2D eigenvalue weighted by Gasteiger charge is 2.45. The molecule has 7 nitrogen and oxygen atoms in total. The van der Waals surface area contributed by atoms with E-state index in [1.54, 1.807) is 6.92 Å². The van der Waals surface area contributed by atoms with Crippen LogP contribution in [0.4, 0.5) is 19.0 Å². The standard InChI is InChI=1S/C34H36F3N5O2/c1-2-23-26(35)8-5-19-13-22(43)14-24(28(19)23)29-27(36)15-25-31(30(29)37)39-33(44-18-34-9-3-11-41(34)12-4-10-34)40-32(25)42-20-6-7-21(42)17-38-16-20/h5,8,13-15,20-21,38,43H,2-4,6-7,9-12,16-18H2,1H3. The lowest BCUT2D eigenvalue weighted by Crippen LogP contribution is -2.52. The van der Waals surface area contributed by atoms with E-state index < -0.39 is 17.5 Å². The number of aromatic hydroxyl groups is 1. The Bertz CT molecular complexity index is 1770. The Morgan fingerprint density at radius 3 is 2.48 bits per heavy atom. The number of aryl methyl sites for hydroxylation is 1. The largest absolute Gasteiger partial charge is 0.508 e. The molecule has 0 aliphatic carbocycles. The summed E-state index contributed by atoms with van der Waals surface area (Å²) < 4.78 is 54.5. The summed E-state index contributed by atoms with van der Waals surface area (Å²) >= 11 is 0. The lowest BCUT2D eigenvalue weighted by molar-refractivity contribution is 0.108. The number of phenols is 1. The highest BCUT2D eigenvalue weighted by atomic mass is 19.1. The van der Waals surface area contributed by atoms with Crippen LogP contribution < -0.4 is 15.0 Å². The molecular formula is C34H36F3N5O2. The quantitative estimate of drug-likeness (QED) is 0.277. The zero-order valence-corrected chi connectivity index (χ0v) is 24.8. The molecule has 0 saturated carbocycles. The molecule has 4 saturated heterocycles. The predicted octanol–water partition coefficient (Wildman–Crippen LogP) is 6.08. The van der Waals surface area contributed by atoms with E-state index in [0.29, 0.717) is 35.2 Å². The van der Waals surface area contributed by atoms with E-state index in [-0.39, 0.29) is 51.4 Å². The third kappa shape index (κ3) is 4.24. The summed E-state index contributed by atoms with van der Waals surface area (Å²) in [4.78, 5) is 14.1. The van der Waals surface area contributed by atoms with Gasteiger partial charge in [0, 0.05) is 30.6 Å². The summed E-state index contributed by atoms with van der Waals surface area (Å²) in [7, 11) is 0. The predicted molar refractivity (Wildman–Crippen MR) is 164 cm³/mol. The molecule has 4 fully saturated rings. The number of ether oxygens (including phenoxy) is 1. The van der Waals surface area contributed by atoms with Gasteiger partial charge in [-0.2, -0.15) is 9.97 Å². The number of hydrogen-bond acceptors (Lipinski definition) is 7. The van der Waals surface area contributed by atoms with E-state index >= 15 is 8.78 Å². The molecule has 2 atom stereocenters. The number of piperazine rings is 1. The van der Waals surface area contributed by atoms with Crippen molar-refractivity contribution < 1.29 is 23.0 Å². The van der Waals surface area contributed by atoms with Crippen molar-refractivity contribution in [3.8, 4) is 22.9 Å². The van der Waals surface area contributed by atoms with Gasteiger partial charge in [0.2, 0.25) is 0 Å². The summed E-state index contributed by atoms with van der Waals surface area (Å²) in [5.41, 5.74) is -0.0331. The van der Waals surface area contributed by atoms with E-state index in [9.17, 15) is 9.50 Å². The van der Waals surface area contributed by atoms with Crippen LogP contribution in [0.5, 0.6) is 11.8 Å². The fraction of sp³-hybridized carbons (Fsp3) is 0.471. The first kappa shape index (κ1) is 27.9. The van der Waals surface area contributed by atoms with Gasteiger partial charge in [-0.3, -0.25) is 4.90 Å². The van der Waals surface area contributed by atoms with Crippen LogP contribution in [0.1, 0.15) is 51.0 Å². The average molecular weight is 604 g/mol. The van der Waals surface area contributed by atoms with E-state index in [2.05, 4.69) is 20.1 Å². The van der Waals surface area contributed by atoms with Gasteiger partial charge in [-0.25, -0.2) is 13.2 Å². The number of rotatable bonds is 6. The molecule has 2 N–H and O–H groups in total. The van der Waals surface area contributed by atoms with Gasteiger partial charge in [-0.15, -0.1) is 0 Å². The number of phenolic OH excluding ortho intramolecular Hbond substituents is 1. The highest BCUT2D eigenvalue weighted by Crippen LogP contribution is 2.44. The SMILES string of the molecule is CCc1c(F)ccc2cc(O)cc(-c3c(F)cc4c(N5C6CCC5CNC6)nc(OCC56CCCN5CCC6)nc4c3F)c12. The van der Waals surface area contributed by atoms with Gasteiger partial charge in [-0.1, -0.05) is 13.0 Å². The molecule has 5 heterocycles. The van der Waals surface area contributed by atoms with E-state index in [0.717, 1.165) is 64.7 Å². The summed E-state index contributed by atoms with van der Waals surface area (Å²) in [6.07, 6.45) is 6.55. The van der Waals surface area contributed by atoms with Gasteiger partial charge in [-0.05, 0) is 104 Å². The molecule has 0 spiro atoms. The maximum atomic E-state index is 16.9. The molecule has 2 bridgehead atoms. The Morgan fingerprint density at radius 1 is 1.00 bits per heavy atom. The molecule has 0 amide bonds. The van der Waals surface area contributed by atoms with Gasteiger partial charge in [0.05, 0.1) is 11.1 Å². The Morgan fingerprint density at radius 2 is 1.75 bits per heavy atom. The number of aromatic nitrogens is 2. The van der Waals surface area contributed by atoms with E-state index in [4.69, 9.17) is 9.72 Å². The first-order valence-electron chi connectivity index (χ1n) is 15.9. The van der Waals surface area contributed by atoms with Gasteiger partial charge in [0.25, 0.3) is 0 Å². The molecular weight excluding hydrogens is 567 g/mol. The van der Waals surface area contributed by atoms with Crippen molar-refractivity contribution in [3.05, 3.63) is 53.3 Å². The van der Waals surface area contributed by atoms with Crippen LogP contribution in [0, 0.1) is 17.5 Å². The van der Waals surface area contributed by atoms with Crippen LogP contribution in [-0.2, 0) is 6.42 Å². The zero-order chi connectivity index (χ0) is 30.2. The molecule has 2 unspecified atom stereocenters. The van der Waals surface area contributed by atoms with E-state index in [1.165, 1.54) is 30.3 Å². The maximum Gasteiger partial charge on any atom is 0.319 e. The summed E-state index contributed by atoms with van der Waals surface area (Å²) in [6.45, 7) is 5.83. The lowest BCUT2D eigenvalue weighted by Gasteiger charge is -2.37. The summed E-state index contributed by atoms with van der Waals surface area (Å²) in [6, 6.07) is 7.29. The van der Waals surface area contributed by atoms with Crippen molar-refractivity contribution in [2.45, 2.75) is 69.5 Å². The second-order valence-corrected chi connectivity index (χ2v) is 12.9. The van der Waals surface area contributed by atoms with Crippen LogP contribution in [-0.4, -0.2) is 70.4 Å². The normalized spacial score (nSPS) is 22.8. The molecule has 230 valence electrons. The zero-order valence-electron chi connectivity index (χ0n) is 24.8. The number of nitrogens with zero attached hydrogens (tertiary/aromatic N) is 4. The lowest BCUT2D eigenvalue weighted by atomic mass is 9.91. The monoisotopic (exact) mass is 603 g/mol. The Hall–Kier alpha value is -3.63. The maximum absolute atomic E-state index is 16.9. The number of halogens is 3. The summed E-state index contributed by atoms with van der Waals surface area (Å²) in [5, 5.41) is 15.2. The Kier molecular flexibility index (Phi) is 6.64. The van der Waals surface area contributed by atoms with Crippen molar-refractivity contribution in [2.24, 2.45) is 0 Å². The molecule has 1 aromatic heterocycles. The third-order valence-corrected chi connectivity index (χ3v) is 10.5. The number of hydrogen-bond donors (Lipinski definition) is 2. The van der Waals surface area contributed by atoms with Crippen molar-refractivity contribution in [1.29, 1.82) is 0 Å². The Labute approximate surface area is 254 Å². The van der Waals surface area contributed by atoms with Crippen LogP contribution in [0.25, 0.3) is 32.8 Å². The van der Waals surface area contributed by atoms with Crippen molar-refractivity contribution in [2.75, 3.05) is 37.7 Å². The molecule has 4 aromatic rings. The van der Waals surface area contributed by atoms with Crippen LogP contribution >= 0.6 is 0 Å². The second-order valence-electron chi connectivity index (χ2n) is 12.9. The molecule has 10 heteroatoms. The van der Waals surface area contributed by atoms with Crippen molar-refractivity contribution >= 4 is 27.5 Å². The fourth-order valence-corrected chi connectivity index (χ4v) is 8.50. The molecule has 44 heavy (non-hydrogen) atoms. The van der Waals surface area contributed by atoms with Crippen LogP contribution in [0.3, 0.4) is 0 Å². The van der Waals surface area contributed by atoms with Gasteiger partial charge < -0.3 is 20.1 Å². The molecule has 0 radical (unpaired) electrons. The average Bonchev–Trinajstić information content (AvgIpc) is 3.66. The minimum Gasteiger partial charge on any atom is -0.508 e. The smallest absolute Gasteiger partial charge is 0.319 e. The highest BCUT2D eigenvalue weighted by molar-refractivity contribution is 6.03. The second kappa shape index (κ2) is 10.5. The fourth-order valence-electron chi connectivity index (χ4n) is 8.50. The topological polar surface area (TPSA) is 73.8 Å². The van der Waals surface area contributed by atoms with Gasteiger partial charge in [0.15, 0.2) is 5.82 Å². The molecule has 4 aliphatic heterocycles. The molecule has 3 aromatic carbocycles. The molecule has 8 rings (SSSR count). The van der Waals surface area contributed by atoms with Crippen molar-refractivity contribution in [3.63, 3.8) is 0 Å². The number of fused-ring (bicyclic) bond motifs is 5. The van der Waals surface area contributed by atoms with Crippen LogP contribution in [0.2, 0.25) is 0 Å². The third-order valence-electron chi connectivity index (χ3n) is 10.5. The first-order chi connectivity index (χ1) is 21.4.